The van der Waals surface area contributed by atoms with Crippen LogP contribution in [0.3, 0.4) is 0 Å². The van der Waals surface area contributed by atoms with Crippen molar-refractivity contribution < 1.29 is 29.1 Å². The number of rotatable bonds is 12. The number of hydrogen-bond donors (Lipinski definition) is 5. The number of amides is 5. The van der Waals surface area contributed by atoms with Crippen LogP contribution in [0.4, 0.5) is 0 Å². The topological polar surface area (TPSA) is 157 Å². The smallest absolute Gasteiger partial charge is 0.251 e. The van der Waals surface area contributed by atoms with Crippen molar-refractivity contribution in [3.05, 3.63) is 35.9 Å². The minimum atomic E-state index is -1.58. The van der Waals surface area contributed by atoms with Gasteiger partial charge in [0.1, 0.15) is 12.1 Å². The molecule has 11 nitrogen and oxygen atoms in total. The standard InChI is InChI=1S/C29H47N5O6/c1-18(23(37)26(39)30-17-19-13-11-10-12-14-19)31-25(38)20(15-22(36)34(8)9)32-27(40)24(29(5,6)7)33-21(35)16-28(2,3)4/h10-14,18,20,23-24,37H,15-17H2,1-9H3,(H,30,39)(H,31,38)(H,32,40)(H,33,35)/t18-,20-,23?,24+/m0/s1. The molecule has 0 aliphatic rings. The largest absolute Gasteiger partial charge is 0.381 e. The molecule has 1 aromatic carbocycles. The minimum absolute atomic E-state index is 0.192. The van der Waals surface area contributed by atoms with Crippen LogP contribution in [0.5, 0.6) is 0 Å². The Balaban J connectivity index is 3.00. The molecule has 5 N–H and O–H groups in total. The molecule has 0 aromatic heterocycles. The van der Waals surface area contributed by atoms with Gasteiger partial charge in [-0.15, -0.1) is 0 Å². The maximum Gasteiger partial charge on any atom is 0.251 e. The number of carbonyl (C=O) groups excluding carboxylic acids is 5. The van der Waals surface area contributed by atoms with Gasteiger partial charge < -0.3 is 31.3 Å². The number of nitrogens with zero attached hydrogens (tertiary/aromatic N) is 1. The highest BCUT2D eigenvalue weighted by atomic mass is 16.3. The summed E-state index contributed by atoms with van der Waals surface area (Å²) in [7, 11) is 3.04. The van der Waals surface area contributed by atoms with Crippen LogP contribution in [0.1, 0.15) is 66.9 Å². The average Bonchev–Trinajstić information content (AvgIpc) is 2.83. The SMILES string of the molecule is C[C@H](NC(=O)[C@H](CC(=O)N(C)C)NC(=O)[C@@H](NC(=O)CC(C)(C)C)C(C)(C)C)C(O)C(=O)NCc1ccccc1. The zero-order valence-corrected chi connectivity index (χ0v) is 25.3. The summed E-state index contributed by atoms with van der Waals surface area (Å²) in [5, 5.41) is 21.0. The van der Waals surface area contributed by atoms with Gasteiger partial charge in [0.25, 0.3) is 5.91 Å². The van der Waals surface area contributed by atoms with Gasteiger partial charge in [-0.25, -0.2) is 0 Å². The van der Waals surface area contributed by atoms with E-state index in [1.165, 1.54) is 25.9 Å². The van der Waals surface area contributed by atoms with Crippen molar-refractivity contribution in [1.82, 2.24) is 26.2 Å². The molecule has 11 heteroatoms. The first-order valence-corrected chi connectivity index (χ1v) is 13.4. The summed E-state index contributed by atoms with van der Waals surface area (Å²) in [5.74, 6) is -2.80. The molecule has 5 amide bonds. The summed E-state index contributed by atoms with van der Waals surface area (Å²) in [5.41, 5.74) is -0.161. The van der Waals surface area contributed by atoms with Gasteiger partial charge in [0.2, 0.25) is 23.6 Å². The average molecular weight is 562 g/mol. The molecule has 1 rings (SSSR count). The summed E-state index contributed by atoms with van der Waals surface area (Å²) < 4.78 is 0. The van der Waals surface area contributed by atoms with Gasteiger partial charge in [0.05, 0.1) is 12.5 Å². The number of carbonyl (C=O) groups is 5. The first kappa shape index (κ1) is 34.6. The summed E-state index contributed by atoms with van der Waals surface area (Å²) >= 11 is 0. The van der Waals surface area contributed by atoms with Crippen LogP contribution >= 0.6 is 0 Å². The van der Waals surface area contributed by atoms with Crippen molar-refractivity contribution in [3.8, 4) is 0 Å². The highest BCUT2D eigenvalue weighted by molar-refractivity contribution is 5.95. The molecule has 0 radical (unpaired) electrons. The van der Waals surface area contributed by atoms with Crippen molar-refractivity contribution in [1.29, 1.82) is 0 Å². The molecule has 4 atom stereocenters. The van der Waals surface area contributed by atoms with Crippen LogP contribution in [0.15, 0.2) is 30.3 Å². The molecule has 0 saturated heterocycles. The van der Waals surface area contributed by atoms with E-state index >= 15 is 0 Å². The summed E-state index contributed by atoms with van der Waals surface area (Å²) in [6.07, 6.45) is -1.74. The molecular weight excluding hydrogens is 514 g/mol. The molecule has 0 heterocycles. The quantitative estimate of drug-likeness (QED) is 0.257. The van der Waals surface area contributed by atoms with Crippen LogP contribution in [0.25, 0.3) is 0 Å². The number of benzene rings is 1. The third-order valence-corrected chi connectivity index (χ3v) is 6.06. The van der Waals surface area contributed by atoms with E-state index in [0.29, 0.717) is 0 Å². The Morgan fingerprint density at radius 1 is 0.850 bits per heavy atom. The Bertz CT molecular complexity index is 1030. The first-order valence-electron chi connectivity index (χ1n) is 13.4. The predicted molar refractivity (Wildman–Crippen MR) is 153 cm³/mol. The van der Waals surface area contributed by atoms with Crippen LogP contribution < -0.4 is 21.3 Å². The molecule has 0 saturated carbocycles. The molecule has 0 spiro atoms. The summed E-state index contributed by atoms with van der Waals surface area (Å²) in [6.45, 7) is 12.7. The number of nitrogens with one attached hydrogen (secondary N) is 4. The third kappa shape index (κ3) is 12.1. The Labute approximate surface area is 237 Å². The van der Waals surface area contributed by atoms with E-state index in [9.17, 15) is 29.1 Å². The highest BCUT2D eigenvalue weighted by Gasteiger charge is 2.37. The molecule has 0 fully saturated rings. The fourth-order valence-electron chi connectivity index (χ4n) is 3.71. The Hall–Kier alpha value is -3.47. The molecule has 0 bridgehead atoms. The fourth-order valence-corrected chi connectivity index (χ4v) is 3.71. The lowest BCUT2D eigenvalue weighted by Crippen LogP contribution is -2.60. The predicted octanol–water partition coefficient (Wildman–Crippen LogP) is 1.10. The van der Waals surface area contributed by atoms with E-state index < -0.39 is 53.3 Å². The Morgan fingerprint density at radius 3 is 1.93 bits per heavy atom. The monoisotopic (exact) mass is 561 g/mol. The fraction of sp³-hybridized carbons (Fsp3) is 0.621. The van der Waals surface area contributed by atoms with Gasteiger partial charge in [-0.1, -0.05) is 71.9 Å². The van der Waals surface area contributed by atoms with Crippen molar-refractivity contribution >= 4 is 29.5 Å². The molecule has 40 heavy (non-hydrogen) atoms. The van der Waals surface area contributed by atoms with Crippen LogP contribution in [0, 0.1) is 10.8 Å². The molecule has 1 unspecified atom stereocenters. The number of hydrogen-bond acceptors (Lipinski definition) is 6. The van der Waals surface area contributed by atoms with E-state index in [0.717, 1.165) is 5.56 Å². The molecule has 0 aliphatic heterocycles. The Morgan fingerprint density at radius 2 is 1.43 bits per heavy atom. The lowest BCUT2D eigenvalue weighted by atomic mass is 9.85. The van der Waals surface area contributed by atoms with Crippen molar-refractivity contribution in [2.24, 2.45) is 10.8 Å². The van der Waals surface area contributed by atoms with Crippen LogP contribution in [0.2, 0.25) is 0 Å². The van der Waals surface area contributed by atoms with E-state index in [1.54, 1.807) is 20.8 Å². The van der Waals surface area contributed by atoms with Gasteiger partial charge in [-0.3, -0.25) is 24.0 Å². The lowest BCUT2D eigenvalue weighted by molar-refractivity contribution is -0.138. The van der Waals surface area contributed by atoms with Gasteiger partial charge >= 0.3 is 0 Å². The van der Waals surface area contributed by atoms with E-state index in [2.05, 4.69) is 21.3 Å². The maximum atomic E-state index is 13.4. The second-order valence-electron chi connectivity index (χ2n) is 12.6. The molecule has 1 aromatic rings. The maximum absolute atomic E-state index is 13.4. The highest BCUT2D eigenvalue weighted by Crippen LogP contribution is 2.22. The lowest BCUT2D eigenvalue weighted by Gasteiger charge is -2.33. The summed E-state index contributed by atoms with van der Waals surface area (Å²) in [6, 6.07) is 5.81. The minimum Gasteiger partial charge on any atom is -0.381 e. The van der Waals surface area contributed by atoms with Crippen molar-refractivity contribution in [2.45, 2.75) is 92.1 Å². The molecule has 0 aliphatic carbocycles. The first-order chi connectivity index (χ1) is 18.3. The second-order valence-corrected chi connectivity index (χ2v) is 12.6. The van der Waals surface area contributed by atoms with Crippen LogP contribution in [-0.4, -0.2) is 77.9 Å². The van der Waals surface area contributed by atoms with E-state index in [1.807, 2.05) is 51.1 Å². The molecule has 224 valence electrons. The zero-order valence-electron chi connectivity index (χ0n) is 25.3. The summed E-state index contributed by atoms with van der Waals surface area (Å²) in [4.78, 5) is 65.5. The Kier molecular flexibility index (Phi) is 12.8. The third-order valence-electron chi connectivity index (χ3n) is 6.06. The normalized spacial score (nSPS) is 14.7. The van der Waals surface area contributed by atoms with Gasteiger partial charge in [0.15, 0.2) is 6.10 Å². The van der Waals surface area contributed by atoms with E-state index in [4.69, 9.17) is 0 Å². The number of aliphatic hydroxyl groups excluding tert-OH is 1. The molecular formula is C29H47N5O6. The van der Waals surface area contributed by atoms with E-state index in [-0.39, 0.29) is 30.7 Å². The van der Waals surface area contributed by atoms with Crippen molar-refractivity contribution in [2.75, 3.05) is 14.1 Å². The van der Waals surface area contributed by atoms with Gasteiger partial charge in [-0.2, -0.15) is 0 Å². The number of aliphatic hydroxyl groups is 1. The van der Waals surface area contributed by atoms with Crippen molar-refractivity contribution in [3.63, 3.8) is 0 Å². The zero-order chi connectivity index (χ0) is 30.8. The van der Waals surface area contributed by atoms with Gasteiger partial charge in [0, 0.05) is 27.1 Å². The van der Waals surface area contributed by atoms with Crippen LogP contribution in [-0.2, 0) is 30.5 Å². The van der Waals surface area contributed by atoms with Gasteiger partial charge in [-0.05, 0) is 23.3 Å². The second kappa shape index (κ2) is 14.8.